The summed E-state index contributed by atoms with van der Waals surface area (Å²) in [5.74, 6) is 0.273. The Morgan fingerprint density at radius 2 is 2.21 bits per heavy atom. The minimum absolute atomic E-state index is 0.0377. The lowest BCUT2D eigenvalue weighted by molar-refractivity contribution is -0.136. The van der Waals surface area contributed by atoms with Gasteiger partial charge in [0.25, 0.3) is 0 Å². The smallest absolute Gasteiger partial charge is 0.228 e. The lowest BCUT2D eigenvalue weighted by atomic mass is 10.1. The third kappa shape index (κ3) is 2.96. The van der Waals surface area contributed by atoms with Gasteiger partial charge in [0, 0.05) is 25.3 Å². The average Bonchev–Trinajstić information content (AvgIpc) is 3.20. The van der Waals surface area contributed by atoms with Crippen LogP contribution in [-0.4, -0.2) is 40.3 Å². The molecule has 3 heterocycles. The van der Waals surface area contributed by atoms with Gasteiger partial charge in [-0.1, -0.05) is 23.8 Å². The van der Waals surface area contributed by atoms with Gasteiger partial charge in [0.2, 0.25) is 5.91 Å². The minimum Gasteiger partial charge on any atom is -0.381 e. The third-order valence-corrected chi connectivity index (χ3v) is 4.92. The van der Waals surface area contributed by atoms with Crippen molar-refractivity contribution in [1.82, 2.24) is 14.7 Å². The van der Waals surface area contributed by atoms with Gasteiger partial charge in [-0.05, 0) is 31.9 Å². The normalized spacial score (nSPS) is 20.7. The van der Waals surface area contributed by atoms with Gasteiger partial charge in [0.15, 0.2) is 0 Å². The second-order valence-corrected chi connectivity index (χ2v) is 6.79. The standard InChI is InChI=1S/C19H23N3O2/c1-14-4-2-5-15(10-14)18-11-17-12-21(7-3-8-22(17)20-18)19(23)16-6-9-24-13-16/h2,4-5,10-11,16H,3,6-9,12-13H2,1H3/t16-/m1/s1. The zero-order valence-corrected chi connectivity index (χ0v) is 14.1. The highest BCUT2D eigenvalue weighted by atomic mass is 16.5. The number of hydrogen-bond acceptors (Lipinski definition) is 3. The Labute approximate surface area is 142 Å². The number of rotatable bonds is 2. The SMILES string of the molecule is Cc1cccc(-c2cc3n(n2)CCCN(C(=O)[C@@H]2CCOC2)C3)c1. The zero-order valence-electron chi connectivity index (χ0n) is 14.1. The van der Waals surface area contributed by atoms with Crippen LogP contribution in [0, 0.1) is 12.8 Å². The van der Waals surface area contributed by atoms with Crippen LogP contribution >= 0.6 is 0 Å². The number of nitrogens with zero attached hydrogens (tertiary/aromatic N) is 3. The fraction of sp³-hybridized carbons (Fsp3) is 0.474. The van der Waals surface area contributed by atoms with Crippen LogP contribution in [0.15, 0.2) is 30.3 Å². The molecule has 5 heteroatoms. The van der Waals surface area contributed by atoms with Gasteiger partial charge in [-0.2, -0.15) is 5.10 Å². The van der Waals surface area contributed by atoms with E-state index in [4.69, 9.17) is 9.84 Å². The number of hydrogen-bond donors (Lipinski definition) is 0. The number of fused-ring (bicyclic) bond motifs is 1. The van der Waals surface area contributed by atoms with Gasteiger partial charge in [-0.3, -0.25) is 9.48 Å². The van der Waals surface area contributed by atoms with Crippen LogP contribution < -0.4 is 0 Å². The van der Waals surface area contributed by atoms with Gasteiger partial charge in [0.05, 0.1) is 30.5 Å². The molecule has 0 unspecified atom stereocenters. The maximum absolute atomic E-state index is 12.7. The topological polar surface area (TPSA) is 47.4 Å². The summed E-state index contributed by atoms with van der Waals surface area (Å²) < 4.78 is 7.44. The zero-order chi connectivity index (χ0) is 16.5. The number of ether oxygens (including phenoxy) is 1. The molecule has 126 valence electrons. The van der Waals surface area contributed by atoms with Crippen LogP contribution in [0.4, 0.5) is 0 Å². The highest BCUT2D eigenvalue weighted by Gasteiger charge is 2.29. The van der Waals surface area contributed by atoms with E-state index in [2.05, 4.69) is 41.9 Å². The summed E-state index contributed by atoms with van der Waals surface area (Å²) in [7, 11) is 0. The number of carbonyl (C=O) groups is 1. The van der Waals surface area contributed by atoms with E-state index < -0.39 is 0 Å². The van der Waals surface area contributed by atoms with Crippen LogP contribution in [-0.2, 0) is 22.6 Å². The van der Waals surface area contributed by atoms with Gasteiger partial charge in [-0.25, -0.2) is 0 Å². The van der Waals surface area contributed by atoms with Crippen molar-refractivity contribution in [2.75, 3.05) is 19.8 Å². The average molecular weight is 325 g/mol. The number of aromatic nitrogens is 2. The first-order chi connectivity index (χ1) is 11.7. The summed E-state index contributed by atoms with van der Waals surface area (Å²) in [5, 5.41) is 4.77. The summed E-state index contributed by atoms with van der Waals surface area (Å²) in [4.78, 5) is 14.7. The Morgan fingerprint density at radius 1 is 1.29 bits per heavy atom. The van der Waals surface area contributed by atoms with E-state index in [0.717, 1.165) is 42.9 Å². The lowest BCUT2D eigenvalue weighted by Crippen LogP contribution is -2.36. The summed E-state index contributed by atoms with van der Waals surface area (Å²) in [6, 6.07) is 10.5. The van der Waals surface area contributed by atoms with Crippen LogP contribution in [0.25, 0.3) is 11.3 Å². The summed E-state index contributed by atoms with van der Waals surface area (Å²) in [6.45, 7) is 5.69. The number of carbonyl (C=O) groups excluding carboxylic acids is 1. The lowest BCUT2D eigenvalue weighted by Gasteiger charge is -2.22. The van der Waals surface area contributed by atoms with Crippen molar-refractivity contribution >= 4 is 5.91 Å². The van der Waals surface area contributed by atoms with Gasteiger partial charge < -0.3 is 9.64 Å². The molecule has 0 radical (unpaired) electrons. The van der Waals surface area contributed by atoms with Crippen molar-refractivity contribution in [2.24, 2.45) is 5.92 Å². The fourth-order valence-electron chi connectivity index (χ4n) is 3.58. The van der Waals surface area contributed by atoms with Gasteiger partial charge >= 0.3 is 0 Å². The minimum atomic E-state index is 0.0377. The first-order valence-corrected chi connectivity index (χ1v) is 8.71. The Balaban J connectivity index is 1.57. The molecule has 0 spiro atoms. The van der Waals surface area contributed by atoms with E-state index in [1.54, 1.807) is 0 Å². The van der Waals surface area contributed by atoms with E-state index in [0.29, 0.717) is 19.8 Å². The van der Waals surface area contributed by atoms with E-state index in [1.807, 2.05) is 4.90 Å². The largest absolute Gasteiger partial charge is 0.381 e. The first-order valence-electron chi connectivity index (χ1n) is 8.71. The molecule has 2 aromatic rings. The van der Waals surface area contributed by atoms with E-state index >= 15 is 0 Å². The quantitative estimate of drug-likeness (QED) is 0.853. The van der Waals surface area contributed by atoms with Gasteiger partial charge in [-0.15, -0.1) is 0 Å². The van der Waals surface area contributed by atoms with Gasteiger partial charge in [0.1, 0.15) is 0 Å². The predicted octanol–water partition coefficient (Wildman–Crippen LogP) is 2.63. The third-order valence-electron chi connectivity index (χ3n) is 4.92. The monoisotopic (exact) mass is 325 g/mol. The van der Waals surface area contributed by atoms with Crippen LogP contribution in [0.5, 0.6) is 0 Å². The molecule has 5 nitrogen and oxygen atoms in total. The molecular weight excluding hydrogens is 302 g/mol. The van der Waals surface area contributed by atoms with Crippen molar-refractivity contribution in [3.8, 4) is 11.3 Å². The summed E-state index contributed by atoms with van der Waals surface area (Å²) >= 11 is 0. The van der Waals surface area contributed by atoms with Crippen molar-refractivity contribution < 1.29 is 9.53 Å². The summed E-state index contributed by atoms with van der Waals surface area (Å²) in [6.07, 6.45) is 1.80. The van der Waals surface area contributed by atoms with Crippen molar-refractivity contribution in [3.05, 3.63) is 41.6 Å². The summed E-state index contributed by atoms with van der Waals surface area (Å²) in [5.41, 5.74) is 4.48. The van der Waals surface area contributed by atoms with Crippen molar-refractivity contribution in [1.29, 1.82) is 0 Å². The molecule has 0 saturated carbocycles. The molecule has 1 saturated heterocycles. The first kappa shape index (κ1) is 15.4. The van der Waals surface area contributed by atoms with Crippen LogP contribution in [0.3, 0.4) is 0 Å². The Kier molecular flexibility index (Phi) is 4.10. The molecule has 2 aliphatic rings. The molecule has 1 aromatic carbocycles. The van der Waals surface area contributed by atoms with Crippen LogP contribution in [0.1, 0.15) is 24.1 Å². The molecule has 2 aliphatic heterocycles. The molecule has 0 N–H and O–H groups in total. The molecule has 0 aliphatic carbocycles. The molecule has 1 fully saturated rings. The molecular formula is C19H23N3O2. The second kappa shape index (κ2) is 6.40. The Bertz CT molecular complexity index is 747. The maximum Gasteiger partial charge on any atom is 0.228 e. The fourth-order valence-corrected chi connectivity index (χ4v) is 3.58. The molecule has 24 heavy (non-hydrogen) atoms. The second-order valence-electron chi connectivity index (χ2n) is 6.79. The molecule has 1 aromatic heterocycles. The molecule has 4 rings (SSSR count). The molecule has 0 bridgehead atoms. The van der Waals surface area contributed by atoms with E-state index in [1.165, 1.54) is 5.56 Å². The van der Waals surface area contributed by atoms with Crippen molar-refractivity contribution in [3.63, 3.8) is 0 Å². The van der Waals surface area contributed by atoms with E-state index in [9.17, 15) is 4.79 Å². The number of aryl methyl sites for hydroxylation is 2. The van der Waals surface area contributed by atoms with E-state index in [-0.39, 0.29) is 11.8 Å². The molecule has 1 atom stereocenters. The van der Waals surface area contributed by atoms with Crippen LogP contribution in [0.2, 0.25) is 0 Å². The number of benzene rings is 1. The predicted molar refractivity (Wildman–Crippen MR) is 91.4 cm³/mol. The highest BCUT2D eigenvalue weighted by molar-refractivity contribution is 5.79. The maximum atomic E-state index is 12.7. The van der Waals surface area contributed by atoms with Crippen molar-refractivity contribution in [2.45, 2.75) is 32.9 Å². The highest BCUT2D eigenvalue weighted by Crippen LogP contribution is 2.24. The Hall–Kier alpha value is -2.14. The Morgan fingerprint density at radius 3 is 3.00 bits per heavy atom. The molecule has 1 amide bonds. The number of amides is 1.